The summed E-state index contributed by atoms with van der Waals surface area (Å²) in [7, 11) is 0. The zero-order valence-electron chi connectivity index (χ0n) is 15.8. The number of halogens is 2. The van der Waals surface area contributed by atoms with Gasteiger partial charge in [-0.15, -0.1) is 0 Å². The lowest BCUT2D eigenvalue weighted by Crippen LogP contribution is -1.97. The summed E-state index contributed by atoms with van der Waals surface area (Å²) in [5.74, 6) is 1.09. The fourth-order valence-electron chi connectivity index (χ4n) is 3.19. The van der Waals surface area contributed by atoms with Crippen molar-refractivity contribution in [3.63, 3.8) is 0 Å². The molecular formula is C22H15FIN5O. The summed E-state index contributed by atoms with van der Waals surface area (Å²) < 4.78 is 21.7. The number of aromatic nitrogens is 4. The molecule has 0 radical (unpaired) electrons. The van der Waals surface area contributed by atoms with Gasteiger partial charge in [0.05, 0.1) is 12.4 Å². The molecule has 6 nitrogen and oxygen atoms in total. The largest absolute Gasteiger partial charge is 0.441 e. The fraction of sp³-hybridized carbons (Fsp3) is 0.0455. The van der Waals surface area contributed by atoms with Gasteiger partial charge in [0.1, 0.15) is 27.2 Å². The second kappa shape index (κ2) is 7.52. The molecule has 5 rings (SSSR count). The molecule has 3 aromatic heterocycles. The summed E-state index contributed by atoms with van der Waals surface area (Å²) in [6.07, 6.45) is 5.17. The topological polar surface area (TPSA) is 68.2 Å². The van der Waals surface area contributed by atoms with Crippen LogP contribution >= 0.6 is 22.6 Å². The average Bonchev–Trinajstić information content (AvgIpc) is 3.34. The highest BCUT2D eigenvalue weighted by Gasteiger charge is 2.15. The molecule has 0 saturated heterocycles. The van der Waals surface area contributed by atoms with E-state index >= 15 is 0 Å². The highest BCUT2D eigenvalue weighted by Crippen LogP contribution is 2.30. The lowest BCUT2D eigenvalue weighted by Gasteiger charge is -2.08. The Balaban J connectivity index is 1.49. The predicted octanol–water partition coefficient (Wildman–Crippen LogP) is 5.85. The van der Waals surface area contributed by atoms with Gasteiger partial charge in [0.15, 0.2) is 17.3 Å². The van der Waals surface area contributed by atoms with E-state index in [1.54, 1.807) is 30.9 Å². The number of nitrogens with zero attached hydrogens (tertiary/aromatic N) is 4. The highest BCUT2D eigenvalue weighted by molar-refractivity contribution is 14.1. The molecule has 0 bridgehead atoms. The Morgan fingerprint density at radius 2 is 1.73 bits per heavy atom. The molecule has 0 amide bonds. The molecule has 1 N–H and O–H groups in total. The molecule has 0 aliphatic carbocycles. The highest BCUT2D eigenvalue weighted by atomic mass is 127. The lowest BCUT2D eigenvalue weighted by atomic mass is 10.1. The second-order valence-corrected chi connectivity index (χ2v) is 7.73. The van der Waals surface area contributed by atoms with Crippen molar-refractivity contribution in [2.45, 2.75) is 6.92 Å². The summed E-state index contributed by atoms with van der Waals surface area (Å²) in [4.78, 5) is 13.2. The van der Waals surface area contributed by atoms with Gasteiger partial charge in [-0.1, -0.05) is 0 Å². The van der Waals surface area contributed by atoms with Crippen molar-refractivity contribution in [1.82, 2.24) is 19.4 Å². The Bertz CT molecular complexity index is 1340. The second-order valence-electron chi connectivity index (χ2n) is 6.70. The summed E-state index contributed by atoms with van der Waals surface area (Å²) in [5.41, 5.74) is 4.98. The molecule has 2 aromatic carbocycles. The third kappa shape index (κ3) is 3.43. The number of benzene rings is 2. The van der Waals surface area contributed by atoms with Crippen LogP contribution in [-0.2, 0) is 0 Å². The number of hydrogen-bond donors (Lipinski definition) is 1. The van der Waals surface area contributed by atoms with Crippen molar-refractivity contribution in [3.05, 3.63) is 82.7 Å². The van der Waals surface area contributed by atoms with Gasteiger partial charge in [-0.25, -0.2) is 19.3 Å². The maximum absolute atomic E-state index is 13.3. The first-order valence-electron chi connectivity index (χ1n) is 9.16. The SMILES string of the molecule is Cc1ncc(-c2ccc(Nc3cncn4c(I)c(-c5ccc(F)cc5)nc34)cc2)o1. The normalized spacial score (nSPS) is 11.2. The van der Waals surface area contributed by atoms with Crippen LogP contribution in [0.4, 0.5) is 15.8 Å². The molecule has 3 heterocycles. The summed E-state index contributed by atoms with van der Waals surface area (Å²) in [6, 6.07) is 14.2. The van der Waals surface area contributed by atoms with Gasteiger partial charge in [-0.3, -0.25) is 4.40 Å². The molecule has 0 spiro atoms. The fourth-order valence-corrected chi connectivity index (χ4v) is 3.97. The third-order valence-electron chi connectivity index (χ3n) is 4.67. The van der Waals surface area contributed by atoms with Crippen LogP contribution in [0.5, 0.6) is 0 Å². The maximum Gasteiger partial charge on any atom is 0.191 e. The Labute approximate surface area is 185 Å². The average molecular weight is 511 g/mol. The monoisotopic (exact) mass is 511 g/mol. The number of fused-ring (bicyclic) bond motifs is 1. The zero-order chi connectivity index (χ0) is 20.7. The first-order valence-corrected chi connectivity index (χ1v) is 10.2. The van der Waals surface area contributed by atoms with Gasteiger partial charge >= 0.3 is 0 Å². The van der Waals surface area contributed by atoms with Crippen molar-refractivity contribution in [2.24, 2.45) is 0 Å². The summed E-state index contributed by atoms with van der Waals surface area (Å²) in [5, 5.41) is 3.38. The molecule has 0 unspecified atom stereocenters. The van der Waals surface area contributed by atoms with Crippen molar-refractivity contribution in [1.29, 1.82) is 0 Å². The first-order chi connectivity index (χ1) is 14.6. The van der Waals surface area contributed by atoms with Gasteiger partial charge < -0.3 is 9.73 Å². The van der Waals surface area contributed by atoms with E-state index < -0.39 is 0 Å². The van der Waals surface area contributed by atoms with Crippen LogP contribution < -0.4 is 5.32 Å². The molecule has 30 heavy (non-hydrogen) atoms. The van der Waals surface area contributed by atoms with Crippen LogP contribution in [-0.4, -0.2) is 19.4 Å². The van der Waals surface area contributed by atoms with E-state index in [0.717, 1.165) is 43.3 Å². The van der Waals surface area contributed by atoms with E-state index in [2.05, 4.69) is 37.9 Å². The van der Waals surface area contributed by atoms with Gasteiger partial charge in [0, 0.05) is 23.7 Å². The molecule has 0 atom stereocenters. The Morgan fingerprint density at radius 1 is 1.00 bits per heavy atom. The predicted molar refractivity (Wildman–Crippen MR) is 121 cm³/mol. The number of nitrogens with one attached hydrogen (secondary N) is 1. The van der Waals surface area contributed by atoms with E-state index in [9.17, 15) is 4.39 Å². The Hall–Kier alpha value is -3.27. The minimum atomic E-state index is -0.273. The zero-order valence-corrected chi connectivity index (χ0v) is 18.0. The van der Waals surface area contributed by atoms with E-state index in [4.69, 9.17) is 9.40 Å². The molecule has 0 aliphatic heterocycles. The Kier molecular flexibility index (Phi) is 4.70. The quantitative estimate of drug-likeness (QED) is 0.307. The van der Waals surface area contributed by atoms with Crippen LogP contribution in [0.15, 0.2) is 71.7 Å². The maximum atomic E-state index is 13.3. The number of oxazole rings is 1. The first kappa shape index (κ1) is 18.7. The third-order valence-corrected chi connectivity index (χ3v) is 5.70. The van der Waals surface area contributed by atoms with Crippen LogP contribution in [0.25, 0.3) is 28.2 Å². The van der Waals surface area contributed by atoms with Crippen LogP contribution in [0, 0.1) is 16.4 Å². The molecule has 0 fully saturated rings. The minimum absolute atomic E-state index is 0.273. The summed E-state index contributed by atoms with van der Waals surface area (Å²) >= 11 is 2.23. The minimum Gasteiger partial charge on any atom is -0.441 e. The van der Waals surface area contributed by atoms with Gasteiger partial charge in [0.25, 0.3) is 0 Å². The molecule has 0 aliphatic rings. The lowest BCUT2D eigenvalue weighted by molar-refractivity contribution is 0.534. The van der Waals surface area contributed by atoms with Crippen molar-refractivity contribution >= 4 is 39.6 Å². The van der Waals surface area contributed by atoms with Gasteiger partial charge in [-0.05, 0) is 71.1 Å². The number of aryl methyl sites for hydroxylation is 1. The molecule has 8 heteroatoms. The van der Waals surface area contributed by atoms with E-state index in [1.807, 2.05) is 35.6 Å². The number of hydrogen-bond acceptors (Lipinski definition) is 5. The Morgan fingerprint density at radius 3 is 2.43 bits per heavy atom. The summed E-state index contributed by atoms with van der Waals surface area (Å²) in [6.45, 7) is 1.82. The van der Waals surface area contributed by atoms with Gasteiger partial charge in [-0.2, -0.15) is 0 Å². The molecule has 0 saturated carbocycles. The number of imidazole rings is 1. The molecule has 5 aromatic rings. The van der Waals surface area contributed by atoms with Gasteiger partial charge in [0.2, 0.25) is 0 Å². The van der Waals surface area contributed by atoms with E-state index in [1.165, 1.54) is 12.1 Å². The van der Waals surface area contributed by atoms with E-state index in [0.29, 0.717) is 5.89 Å². The van der Waals surface area contributed by atoms with Crippen LogP contribution in [0.2, 0.25) is 0 Å². The van der Waals surface area contributed by atoms with Crippen LogP contribution in [0.3, 0.4) is 0 Å². The van der Waals surface area contributed by atoms with Crippen molar-refractivity contribution in [3.8, 4) is 22.6 Å². The number of anilines is 2. The smallest absolute Gasteiger partial charge is 0.191 e. The standard InChI is InChI=1S/C22H15FIN5O/c1-13-26-11-19(30-13)14-4-8-17(9-5-14)27-18-10-25-12-29-21(24)20(28-22(18)29)15-2-6-16(23)7-3-15/h2-12,27H,1H3. The van der Waals surface area contributed by atoms with Crippen LogP contribution in [0.1, 0.15) is 5.89 Å². The van der Waals surface area contributed by atoms with E-state index in [-0.39, 0.29) is 5.82 Å². The van der Waals surface area contributed by atoms with Crippen molar-refractivity contribution < 1.29 is 8.81 Å². The molecular weight excluding hydrogens is 496 g/mol. The molecule has 148 valence electrons. The number of rotatable bonds is 4. The van der Waals surface area contributed by atoms with Crippen molar-refractivity contribution in [2.75, 3.05) is 5.32 Å².